The van der Waals surface area contributed by atoms with Gasteiger partial charge in [-0.1, -0.05) is 24.3 Å². The number of esters is 2. The Balaban J connectivity index is 2.08. The number of aromatic hydroxyl groups is 2. The number of aliphatic hydroxyl groups is 3. The number of benzene rings is 2. The zero-order valence-corrected chi connectivity index (χ0v) is 18.4. The number of carbonyl (C=O) groups excluding carboxylic acids is 2. The fourth-order valence-corrected chi connectivity index (χ4v) is 3.71. The third-order valence-electron chi connectivity index (χ3n) is 5.60. The van der Waals surface area contributed by atoms with E-state index in [0.29, 0.717) is 11.1 Å². The molecule has 0 aliphatic carbocycles. The summed E-state index contributed by atoms with van der Waals surface area (Å²) in [5, 5.41) is 50.6. The van der Waals surface area contributed by atoms with Gasteiger partial charge in [0.1, 0.15) is 11.5 Å². The molecule has 0 fully saturated rings. The highest BCUT2D eigenvalue weighted by molar-refractivity contribution is 6.11. The van der Waals surface area contributed by atoms with Crippen LogP contribution in [-0.2, 0) is 31.9 Å². The first-order valence-corrected chi connectivity index (χ1v) is 10.1. The molecule has 1 aliphatic heterocycles. The molecule has 176 valence electrons. The molecular formula is C24H26O9. The predicted octanol–water partition coefficient (Wildman–Crippen LogP) is 1.75. The molecular weight excluding hydrogens is 432 g/mol. The Hall–Kier alpha value is -3.56. The number of methoxy groups -OCH3 is 1. The van der Waals surface area contributed by atoms with E-state index in [1.54, 1.807) is 0 Å². The SMILES string of the molecule is COC(=O)[C@]1(Cc2ccc(O)c(CC(O)C(C)(C)O)c2)OC(=O)C(O)=C1c1ccc(O)cc1. The molecule has 0 saturated carbocycles. The second-order valence-corrected chi connectivity index (χ2v) is 8.49. The summed E-state index contributed by atoms with van der Waals surface area (Å²) in [4.78, 5) is 25.3. The van der Waals surface area contributed by atoms with Crippen molar-refractivity contribution in [3.63, 3.8) is 0 Å². The Kier molecular flexibility index (Phi) is 6.40. The van der Waals surface area contributed by atoms with Crippen molar-refractivity contribution in [3.8, 4) is 11.5 Å². The molecule has 2 aromatic rings. The molecule has 5 N–H and O–H groups in total. The Bertz CT molecular complexity index is 1100. The highest BCUT2D eigenvalue weighted by Crippen LogP contribution is 2.43. The fraction of sp³-hybridized carbons (Fsp3) is 0.333. The lowest BCUT2D eigenvalue weighted by molar-refractivity contribution is -0.169. The molecule has 0 bridgehead atoms. The standard InChI is InChI=1S/C24H26O9/c1-23(2,31)18(27)11-15-10-13(4-9-17(15)26)12-24(22(30)32-3)19(20(28)21(29)33-24)14-5-7-16(25)8-6-14/h4-10,18,25-28,31H,11-12H2,1-3H3/t18?,24-/m1/s1. The molecule has 3 rings (SSSR count). The van der Waals surface area contributed by atoms with Gasteiger partial charge in [0.2, 0.25) is 11.4 Å². The van der Waals surface area contributed by atoms with Crippen molar-refractivity contribution in [1.82, 2.24) is 0 Å². The van der Waals surface area contributed by atoms with Crippen LogP contribution in [0.25, 0.3) is 5.57 Å². The van der Waals surface area contributed by atoms with Crippen molar-refractivity contribution < 1.29 is 44.6 Å². The van der Waals surface area contributed by atoms with Crippen molar-refractivity contribution in [2.45, 2.75) is 44.0 Å². The summed E-state index contributed by atoms with van der Waals surface area (Å²) in [7, 11) is 1.11. The molecule has 1 unspecified atom stereocenters. The number of phenols is 2. The summed E-state index contributed by atoms with van der Waals surface area (Å²) in [5.41, 5.74) is -2.59. The lowest BCUT2D eigenvalue weighted by atomic mass is 9.82. The molecule has 1 aliphatic rings. The van der Waals surface area contributed by atoms with Crippen LogP contribution in [0.15, 0.2) is 48.2 Å². The molecule has 0 radical (unpaired) electrons. The zero-order valence-electron chi connectivity index (χ0n) is 18.4. The minimum Gasteiger partial charge on any atom is -0.508 e. The van der Waals surface area contributed by atoms with Crippen LogP contribution in [0.2, 0.25) is 0 Å². The van der Waals surface area contributed by atoms with Crippen molar-refractivity contribution in [1.29, 1.82) is 0 Å². The summed E-state index contributed by atoms with van der Waals surface area (Å²) in [5.74, 6) is -2.99. The van der Waals surface area contributed by atoms with Gasteiger partial charge in [0.05, 0.1) is 24.4 Å². The maximum absolute atomic E-state index is 12.9. The van der Waals surface area contributed by atoms with Gasteiger partial charge in [-0.15, -0.1) is 0 Å². The molecule has 9 heteroatoms. The molecule has 0 saturated heterocycles. The van der Waals surface area contributed by atoms with Crippen LogP contribution in [0.3, 0.4) is 0 Å². The lowest BCUT2D eigenvalue weighted by Crippen LogP contribution is -2.44. The first-order valence-electron chi connectivity index (χ1n) is 10.1. The second-order valence-electron chi connectivity index (χ2n) is 8.49. The van der Waals surface area contributed by atoms with E-state index in [-0.39, 0.29) is 35.5 Å². The highest BCUT2D eigenvalue weighted by atomic mass is 16.6. The molecule has 0 aromatic heterocycles. The predicted molar refractivity (Wildman–Crippen MR) is 116 cm³/mol. The third kappa shape index (κ3) is 4.64. The molecule has 0 spiro atoms. The molecule has 0 amide bonds. The largest absolute Gasteiger partial charge is 0.508 e. The van der Waals surface area contributed by atoms with Crippen LogP contribution in [-0.4, -0.2) is 61.9 Å². The summed E-state index contributed by atoms with van der Waals surface area (Å²) >= 11 is 0. The minimum absolute atomic E-state index is 0.0544. The van der Waals surface area contributed by atoms with E-state index < -0.39 is 35.0 Å². The molecule has 2 aromatic carbocycles. The Morgan fingerprint density at radius 1 is 1.12 bits per heavy atom. The van der Waals surface area contributed by atoms with Crippen LogP contribution in [0.5, 0.6) is 11.5 Å². The van der Waals surface area contributed by atoms with Gasteiger partial charge in [0.25, 0.3) is 0 Å². The van der Waals surface area contributed by atoms with Crippen LogP contribution in [0.1, 0.15) is 30.5 Å². The molecule has 33 heavy (non-hydrogen) atoms. The number of hydrogen-bond acceptors (Lipinski definition) is 9. The zero-order chi connectivity index (χ0) is 24.6. The van der Waals surface area contributed by atoms with Gasteiger partial charge < -0.3 is 35.0 Å². The normalized spacial score (nSPS) is 19.4. The summed E-state index contributed by atoms with van der Waals surface area (Å²) < 4.78 is 10.3. The van der Waals surface area contributed by atoms with Gasteiger partial charge in [-0.05, 0) is 48.7 Å². The number of rotatable bonds is 7. The van der Waals surface area contributed by atoms with Crippen LogP contribution < -0.4 is 0 Å². The van der Waals surface area contributed by atoms with E-state index in [9.17, 15) is 35.1 Å². The number of phenolic OH excluding ortho intramolecular Hbond substituents is 2. The van der Waals surface area contributed by atoms with Crippen molar-refractivity contribution >= 4 is 17.5 Å². The second kappa shape index (κ2) is 8.76. The summed E-state index contributed by atoms with van der Waals surface area (Å²) in [6.07, 6.45) is -1.52. The number of ether oxygens (including phenoxy) is 2. The first kappa shape index (κ1) is 24.1. The summed E-state index contributed by atoms with van der Waals surface area (Å²) in [6, 6.07) is 9.86. The van der Waals surface area contributed by atoms with Gasteiger partial charge >= 0.3 is 11.9 Å². The van der Waals surface area contributed by atoms with E-state index in [2.05, 4.69) is 0 Å². The first-order chi connectivity index (χ1) is 15.4. The van der Waals surface area contributed by atoms with E-state index in [1.165, 1.54) is 56.3 Å². The Labute approximate surface area is 190 Å². The topological polar surface area (TPSA) is 154 Å². The van der Waals surface area contributed by atoms with E-state index in [0.717, 1.165) is 7.11 Å². The molecule has 2 atom stereocenters. The van der Waals surface area contributed by atoms with E-state index in [4.69, 9.17) is 9.47 Å². The van der Waals surface area contributed by atoms with Crippen LogP contribution >= 0.6 is 0 Å². The van der Waals surface area contributed by atoms with Gasteiger partial charge in [-0.25, -0.2) is 9.59 Å². The fourth-order valence-electron chi connectivity index (χ4n) is 3.71. The van der Waals surface area contributed by atoms with Gasteiger partial charge in [-0.2, -0.15) is 0 Å². The van der Waals surface area contributed by atoms with Gasteiger partial charge in [0, 0.05) is 12.8 Å². The summed E-state index contributed by atoms with van der Waals surface area (Å²) in [6.45, 7) is 2.86. The van der Waals surface area contributed by atoms with E-state index in [1.807, 2.05) is 0 Å². The average Bonchev–Trinajstić information content (AvgIpc) is 3.00. The van der Waals surface area contributed by atoms with Crippen LogP contribution in [0, 0.1) is 0 Å². The Morgan fingerprint density at radius 2 is 1.76 bits per heavy atom. The average molecular weight is 458 g/mol. The van der Waals surface area contributed by atoms with Crippen LogP contribution in [0.4, 0.5) is 0 Å². The van der Waals surface area contributed by atoms with Crippen molar-refractivity contribution in [2.24, 2.45) is 0 Å². The molecule has 1 heterocycles. The smallest absolute Gasteiger partial charge is 0.375 e. The highest BCUT2D eigenvalue weighted by Gasteiger charge is 2.55. The molecule has 9 nitrogen and oxygen atoms in total. The van der Waals surface area contributed by atoms with Crippen molar-refractivity contribution in [3.05, 3.63) is 64.9 Å². The van der Waals surface area contributed by atoms with E-state index >= 15 is 0 Å². The lowest BCUT2D eigenvalue weighted by Gasteiger charge is -2.28. The third-order valence-corrected chi connectivity index (χ3v) is 5.60. The maximum Gasteiger partial charge on any atom is 0.375 e. The number of cyclic esters (lactones) is 1. The maximum atomic E-state index is 12.9. The van der Waals surface area contributed by atoms with Gasteiger partial charge in [0.15, 0.2) is 0 Å². The number of carbonyl (C=O) groups is 2. The number of hydrogen-bond donors (Lipinski definition) is 5. The monoisotopic (exact) mass is 458 g/mol. The number of aliphatic hydroxyl groups excluding tert-OH is 2. The Morgan fingerprint density at radius 3 is 2.33 bits per heavy atom. The minimum atomic E-state index is -2.03. The van der Waals surface area contributed by atoms with Crippen molar-refractivity contribution in [2.75, 3.05) is 7.11 Å². The quantitative estimate of drug-likeness (QED) is 0.390. The van der Waals surface area contributed by atoms with Gasteiger partial charge in [-0.3, -0.25) is 0 Å².